The first-order valence-electron chi connectivity index (χ1n) is 4.82. The predicted molar refractivity (Wildman–Crippen MR) is 50.4 cm³/mol. The van der Waals surface area contributed by atoms with E-state index in [0.29, 0.717) is 19.4 Å². The summed E-state index contributed by atoms with van der Waals surface area (Å²) < 4.78 is 0. The van der Waals surface area contributed by atoms with Crippen LogP contribution in [0.4, 0.5) is 0 Å². The third-order valence-corrected chi connectivity index (χ3v) is 2.21. The van der Waals surface area contributed by atoms with E-state index < -0.39 is 6.10 Å². The van der Waals surface area contributed by atoms with Gasteiger partial charge in [-0.1, -0.05) is 0 Å². The molecule has 0 bridgehead atoms. The summed E-state index contributed by atoms with van der Waals surface area (Å²) in [6.07, 6.45) is 0.474. The van der Waals surface area contributed by atoms with Gasteiger partial charge in [0.25, 0.3) is 0 Å². The molecule has 14 heavy (non-hydrogen) atoms. The molecule has 5 nitrogen and oxygen atoms in total. The first kappa shape index (κ1) is 11.0. The van der Waals surface area contributed by atoms with Crippen LogP contribution < -0.4 is 10.6 Å². The van der Waals surface area contributed by atoms with Gasteiger partial charge in [0.15, 0.2) is 0 Å². The topological polar surface area (TPSA) is 78.4 Å². The van der Waals surface area contributed by atoms with Gasteiger partial charge in [0.2, 0.25) is 11.8 Å². The highest BCUT2D eigenvalue weighted by atomic mass is 16.3. The lowest BCUT2D eigenvalue weighted by molar-refractivity contribution is -0.129. The van der Waals surface area contributed by atoms with Crippen LogP contribution in [0.3, 0.4) is 0 Å². The molecule has 0 aromatic carbocycles. The summed E-state index contributed by atoms with van der Waals surface area (Å²) in [5, 5.41) is 14.2. The van der Waals surface area contributed by atoms with Crippen LogP contribution in [0.2, 0.25) is 0 Å². The molecule has 1 unspecified atom stereocenters. The Labute approximate surface area is 82.9 Å². The van der Waals surface area contributed by atoms with E-state index in [4.69, 9.17) is 5.11 Å². The Morgan fingerprint density at radius 3 is 3.00 bits per heavy atom. The van der Waals surface area contributed by atoms with E-state index in [2.05, 4.69) is 10.6 Å². The van der Waals surface area contributed by atoms with Gasteiger partial charge in [0.1, 0.15) is 0 Å². The Morgan fingerprint density at radius 1 is 1.79 bits per heavy atom. The van der Waals surface area contributed by atoms with Crippen LogP contribution in [-0.2, 0) is 9.59 Å². The fraction of sp³-hybridized carbons (Fsp3) is 0.778. The standard InChI is InChI=1S/C9H16N2O3/c1-6(12)4-11-9(14)7-2-3-8(13)10-5-7/h6-7,12H,2-5H2,1H3,(H,10,13)(H,11,14)/t6-,7?/m0/s1. The van der Waals surface area contributed by atoms with Crippen LogP contribution >= 0.6 is 0 Å². The van der Waals surface area contributed by atoms with E-state index in [1.807, 2.05) is 0 Å². The normalized spacial score (nSPS) is 23.9. The van der Waals surface area contributed by atoms with Crippen molar-refractivity contribution in [1.29, 1.82) is 0 Å². The van der Waals surface area contributed by atoms with E-state index >= 15 is 0 Å². The summed E-state index contributed by atoms with van der Waals surface area (Å²) in [6.45, 7) is 2.29. The van der Waals surface area contributed by atoms with Crippen LogP contribution in [0.25, 0.3) is 0 Å². The lowest BCUT2D eigenvalue weighted by Crippen LogP contribution is -2.44. The summed E-state index contributed by atoms with van der Waals surface area (Å²) in [6, 6.07) is 0. The first-order chi connectivity index (χ1) is 6.59. The van der Waals surface area contributed by atoms with Crippen molar-refractivity contribution in [3.8, 4) is 0 Å². The second-order valence-corrected chi connectivity index (χ2v) is 3.63. The number of carbonyl (C=O) groups excluding carboxylic acids is 2. The Bertz CT molecular complexity index is 218. The average molecular weight is 200 g/mol. The molecule has 1 aliphatic heterocycles. The highest BCUT2D eigenvalue weighted by Gasteiger charge is 2.24. The molecule has 3 N–H and O–H groups in total. The molecule has 0 aromatic heterocycles. The van der Waals surface area contributed by atoms with E-state index in [9.17, 15) is 9.59 Å². The number of amides is 2. The summed E-state index contributed by atoms with van der Waals surface area (Å²) in [5.41, 5.74) is 0. The SMILES string of the molecule is C[C@H](O)CNC(=O)C1CCC(=O)NC1. The van der Waals surface area contributed by atoms with Gasteiger partial charge >= 0.3 is 0 Å². The Morgan fingerprint density at radius 2 is 2.50 bits per heavy atom. The largest absolute Gasteiger partial charge is 0.392 e. The number of carbonyl (C=O) groups is 2. The van der Waals surface area contributed by atoms with Gasteiger partial charge in [-0.05, 0) is 13.3 Å². The van der Waals surface area contributed by atoms with Crippen molar-refractivity contribution in [3.63, 3.8) is 0 Å². The van der Waals surface area contributed by atoms with Gasteiger partial charge in [0.05, 0.1) is 12.0 Å². The van der Waals surface area contributed by atoms with Crippen molar-refractivity contribution < 1.29 is 14.7 Å². The molecule has 1 heterocycles. The number of nitrogens with one attached hydrogen (secondary N) is 2. The molecule has 0 aromatic rings. The second kappa shape index (κ2) is 4.95. The van der Waals surface area contributed by atoms with Crippen molar-refractivity contribution in [2.75, 3.05) is 13.1 Å². The minimum absolute atomic E-state index is 0.00424. The van der Waals surface area contributed by atoms with Crippen LogP contribution in [0.1, 0.15) is 19.8 Å². The van der Waals surface area contributed by atoms with Gasteiger partial charge in [-0.15, -0.1) is 0 Å². The molecule has 1 aliphatic rings. The zero-order valence-corrected chi connectivity index (χ0v) is 8.25. The van der Waals surface area contributed by atoms with Crippen LogP contribution in [0, 0.1) is 5.92 Å². The molecular weight excluding hydrogens is 184 g/mol. The van der Waals surface area contributed by atoms with E-state index in [-0.39, 0.29) is 24.3 Å². The van der Waals surface area contributed by atoms with Gasteiger partial charge in [-0.2, -0.15) is 0 Å². The molecule has 0 radical (unpaired) electrons. The summed E-state index contributed by atoms with van der Waals surface area (Å²) in [7, 11) is 0. The molecule has 0 spiro atoms. The minimum Gasteiger partial charge on any atom is -0.392 e. The molecule has 1 rings (SSSR count). The molecule has 1 saturated heterocycles. The van der Waals surface area contributed by atoms with Crippen LogP contribution in [0.15, 0.2) is 0 Å². The second-order valence-electron chi connectivity index (χ2n) is 3.63. The van der Waals surface area contributed by atoms with Crippen molar-refractivity contribution >= 4 is 11.8 Å². The Hall–Kier alpha value is -1.10. The molecule has 0 aliphatic carbocycles. The number of aliphatic hydroxyl groups is 1. The molecule has 1 fully saturated rings. The lowest BCUT2D eigenvalue weighted by Gasteiger charge is -2.21. The van der Waals surface area contributed by atoms with Crippen molar-refractivity contribution in [3.05, 3.63) is 0 Å². The average Bonchev–Trinajstić information content (AvgIpc) is 2.15. The molecule has 2 amide bonds. The van der Waals surface area contributed by atoms with Crippen LogP contribution in [0.5, 0.6) is 0 Å². The fourth-order valence-corrected chi connectivity index (χ4v) is 1.35. The summed E-state index contributed by atoms with van der Waals surface area (Å²) in [5.74, 6) is -0.234. The number of aliphatic hydroxyl groups excluding tert-OH is 1. The number of hydrogen-bond acceptors (Lipinski definition) is 3. The number of hydrogen-bond donors (Lipinski definition) is 3. The molecular formula is C9H16N2O3. The Balaban J connectivity index is 2.27. The predicted octanol–water partition coefficient (Wildman–Crippen LogP) is -0.990. The highest BCUT2D eigenvalue weighted by molar-refractivity contribution is 5.83. The Kier molecular flexibility index (Phi) is 3.88. The van der Waals surface area contributed by atoms with Crippen molar-refractivity contribution in [2.45, 2.75) is 25.9 Å². The van der Waals surface area contributed by atoms with Gasteiger partial charge in [0, 0.05) is 19.5 Å². The van der Waals surface area contributed by atoms with Crippen molar-refractivity contribution in [2.24, 2.45) is 5.92 Å². The van der Waals surface area contributed by atoms with Crippen molar-refractivity contribution in [1.82, 2.24) is 10.6 Å². The fourth-order valence-electron chi connectivity index (χ4n) is 1.35. The monoisotopic (exact) mass is 200 g/mol. The first-order valence-corrected chi connectivity index (χ1v) is 4.82. The molecule has 0 saturated carbocycles. The number of piperidine rings is 1. The van der Waals surface area contributed by atoms with E-state index in [1.165, 1.54) is 0 Å². The summed E-state index contributed by atoms with van der Waals surface area (Å²) in [4.78, 5) is 22.3. The molecule has 80 valence electrons. The van der Waals surface area contributed by atoms with Gasteiger partial charge in [-0.25, -0.2) is 0 Å². The zero-order valence-electron chi connectivity index (χ0n) is 8.25. The highest BCUT2D eigenvalue weighted by Crippen LogP contribution is 2.10. The third kappa shape index (κ3) is 3.33. The number of rotatable bonds is 3. The maximum atomic E-state index is 11.4. The minimum atomic E-state index is -0.530. The van der Waals surface area contributed by atoms with Gasteiger partial charge < -0.3 is 15.7 Å². The molecule has 5 heteroatoms. The maximum absolute atomic E-state index is 11.4. The smallest absolute Gasteiger partial charge is 0.224 e. The molecule has 2 atom stereocenters. The lowest BCUT2D eigenvalue weighted by atomic mass is 9.98. The zero-order chi connectivity index (χ0) is 10.6. The van der Waals surface area contributed by atoms with Crippen LogP contribution in [-0.4, -0.2) is 36.1 Å². The van der Waals surface area contributed by atoms with E-state index in [1.54, 1.807) is 6.92 Å². The maximum Gasteiger partial charge on any atom is 0.224 e. The third-order valence-electron chi connectivity index (χ3n) is 2.21. The quantitative estimate of drug-likeness (QED) is 0.547. The van der Waals surface area contributed by atoms with E-state index in [0.717, 1.165) is 0 Å². The summed E-state index contributed by atoms with van der Waals surface area (Å²) >= 11 is 0. The van der Waals surface area contributed by atoms with Gasteiger partial charge in [-0.3, -0.25) is 9.59 Å².